The summed E-state index contributed by atoms with van der Waals surface area (Å²) in [5.74, 6) is -1.80. The molecule has 0 fully saturated rings. The number of carbonyl (C=O) groups excluding carboxylic acids is 1. The molecule has 1 amide bonds. The number of aromatic carboxylic acids is 1. The molecule has 0 aliphatic heterocycles. The molecule has 0 spiro atoms. The van der Waals surface area contributed by atoms with Crippen molar-refractivity contribution in [1.29, 1.82) is 0 Å². The first-order chi connectivity index (χ1) is 9.99. The van der Waals surface area contributed by atoms with E-state index >= 15 is 0 Å². The number of hydrogen-bond donors (Lipinski definition) is 2. The molecular formula is C12H9N3O5S. The summed E-state index contributed by atoms with van der Waals surface area (Å²) < 4.78 is 0. The predicted molar refractivity (Wildman–Crippen MR) is 73.3 cm³/mol. The van der Waals surface area contributed by atoms with Crippen LogP contribution >= 0.6 is 11.3 Å². The van der Waals surface area contributed by atoms with Gasteiger partial charge in [-0.25, -0.2) is 9.78 Å². The molecule has 0 saturated carbocycles. The van der Waals surface area contributed by atoms with Crippen LogP contribution < -0.4 is 5.32 Å². The van der Waals surface area contributed by atoms with Crippen LogP contribution in [-0.2, 0) is 6.54 Å². The number of amides is 1. The second-order valence-electron chi connectivity index (χ2n) is 3.91. The van der Waals surface area contributed by atoms with Gasteiger partial charge in [-0.05, 0) is 0 Å². The fourth-order valence-electron chi connectivity index (χ4n) is 1.57. The molecule has 0 radical (unpaired) electrons. The number of carboxylic acids is 1. The lowest BCUT2D eigenvalue weighted by molar-refractivity contribution is -0.385. The van der Waals surface area contributed by atoms with E-state index in [1.807, 2.05) is 0 Å². The molecule has 0 saturated heterocycles. The number of nitro groups is 1. The van der Waals surface area contributed by atoms with Crippen molar-refractivity contribution in [2.24, 2.45) is 0 Å². The molecule has 108 valence electrons. The number of carbonyl (C=O) groups is 2. The van der Waals surface area contributed by atoms with Gasteiger partial charge in [0.2, 0.25) is 0 Å². The molecule has 2 N–H and O–H groups in total. The Bertz CT molecular complexity index is 712. The SMILES string of the molecule is O=C(O)c1csc(C(=O)NCc2ccccc2[N+](=O)[O-])n1. The number of nitrogens with zero attached hydrogens (tertiary/aromatic N) is 2. The van der Waals surface area contributed by atoms with Crippen LogP contribution in [0.5, 0.6) is 0 Å². The Morgan fingerprint density at radius 2 is 2.10 bits per heavy atom. The lowest BCUT2D eigenvalue weighted by atomic mass is 10.2. The number of aromatic nitrogens is 1. The normalized spacial score (nSPS) is 10.1. The Hall–Kier alpha value is -2.81. The highest BCUT2D eigenvalue weighted by Gasteiger charge is 2.17. The first kappa shape index (κ1) is 14.6. The van der Waals surface area contributed by atoms with Gasteiger partial charge in [0.05, 0.1) is 4.92 Å². The van der Waals surface area contributed by atoms with Crippen molar-refractivity contribution in [2.75, 3.05) is 0 Å². The van der Waals surface area contributed by atoms with Crippen LogP contribution in [0.4, 0.5) is 5.69 Å². The molecule has 1 aromatic carbocycles. The van der Waals surface area contributed by atoms with Gasteiger partial charge in [0.15, 0.2) is 10.7 Å². The average molecular weight is 307 g/mol. The molecular weight excluding hydrogens is 298 g/mol. The maximum Gasteiger partial charge on any atom is 0.355 e. The molecule has 2 rings (SSSR count). The van der Waals surface area contributed by atoms with Crippen LogP contribution in [0.15, 0.2) is 29.6 Å². The highest BCUT2D eigenvalue weighted by molar-refractivity contribution is 7.11. The summed E-state index contributed by atoms with van der Waals surface area (Å²) in [5.41, 5.74) is 0.0462. The van der Waals surface area contributed by atoms with Crippen LogP contribution in [-0.4, -0.2) is 26.9 Å². The van der Waals surface area contributed by atoms with Crippen molar-refractivity contribution >= 4 is 28.9 Å². The number of benzene rings is 1. The van der Waals surface area contributed by atoms with Gasteiger partial charge >= 0.3 is 5.97 Å². The third kappa shape index (κ3) is 3.39. The summed E-state index contributed by atoms with van der Waals surface area (Å²) >= 11 is 0.894. The van der Waals surface area contributed by atoms with Gasteiger partial charge in [-0.1, -0.05) is 18.2 Å². The van der Waals surface area contributed by atoms with Crippen molar-refractivity contribution in [3.63, 3.8) is 0 Å². The van der Waals surface area contributed by atoms with E-state index in [0.717, 1.165) is 11.3 Å². The third-order valence-electron chi connectivity index (χ3n) is 2.55. The van der Waals surface area contributed by atoms with Crippen molar-refractivity contribution in [3.8, 4) is 0 Å². The Morgan fingerprint density at radius 1 is 1.38 bits per heavy atom. The number of hydrogen-bond acceptors (Lipinski definition) is 6. The zero-order valence-electron chi connectivity index (χ0n) is 10.5. The number of thiazole rings is 1. The van der Waals surface area contributed by atoms with E-state index in [0.29, 0.717) is 5.56 Å². The van der Waals surface area contributed by atoms with E-state index < -0.39 is 16.8 Å². The summed E-state index contributed by atoms with van der Waals surface area (Å²) in [4.78, 5) is 36.4. The molecule has 21 heavy (non-hydrogen) atoms. The molecule has 9 heteroatoms. The maximum atomic E-state index is 11.8. The largest absolute Gasteiger partial charge is 0.476 e. The third-order valence-corrected chi connectivity index (χ3v) is 3.39. The number of para-hydroxylation sites is 1. The van der Waals surface area contributed by atoms with Gasteiger partial charge in [-0.3, -0.25) is 14.9 Å². The zero-order valence-corrected chi connectivity index (χ0v) is 11.3. The van der Waals surface area contributed by atoms with Crippen molar-refractivity contribution < 1.29 is 19.6 Å². The van der Waals surface area contributed by atoms with Crippen LogP contribution in [0, 0.1) is 10.1 Å². The van der Waals surface area contributed by atoms with Crippen LogP contribution in [0.3, 0.4) is 0 Å². The van der Waals surface area contributed by atoms with Gasteiger partial charge in [0.25, 0.3) is 11.6 Å². The topological polar surface area (TPSA) is 122 Å². The lowest BCUT2D eigenvalue weighted by Crippen LogP contribution is -2.23. The maximum absolute atomic E-state index is 11.8. The van der Waals surface area contributed by atoms with E-state index in [1.54, 1.807) is 6.07 Å². The molecule has 1 aromatic heterocycles. The van der Waals surface area contributed by atoms with Gasteiger partial charge in [-0.2, -0.15) is 0 Å². The van der Waals surface area contributed by atoms with Crippen LogP contribution in [0.1, 0.15) is 25.9 Å². The average Bonchev–Trinajstić information content (AvgIpc) is 2.95. The fraction of sp³-hybridized carbons (Fsp3) is 0.0833. The molecule has 2 aromatic rings. The van der Waals surface area contributed by atoms with Gasteiger partial charge in [-0.15, -0.1) is 11.3 Å². The van der Waals surface area contributed by atoms with Gasteiger partial charge in [0, 0.05) is 23.6 Å². The Kier molecular flexibility index (Phi) is 4.24. The Labute approximate surface area is 122 Å². The van der Waals surface area contributed by atoms with Crippen LogP contribution in [0.2, 0.25) is 0 Å². The second kappa shape index (κ2) is 6.09. The Morgan fingerprint density at radius 3 is 2.71 bits per heavy atom. The quantitative estimate of drug-likeness (QED) is 0.640. The van der Waals surface area contributed by atoms with Gasteiger partial charge < -0.3 is 10.4 Å². The van der Waals surface area contributed by atoms with Crippen molar-refractivity contribution in [3.05, 3.63) is 56.0 Å². The monoisotopic (exact) mass is 307 g/mol. The van der Waals surface area contributed by atoms with E-state index in [9.17, 15) is 19.7 Å². The summed E-state index contributed by atoms with van der Waals surface area (Å²) in [7, 11) is 0. The number of rotatable bonds is 5. The van der Waals surface area contributed by atoms with E-state index in [2.05, 4.69) is 10.3 Å². The van der Waals surface area contributed by atoms with Crippen molar-refractivity contribution in [2.45, 2.75) is 6.54 Å². The molecule has 0 atom stereocenters. The summed E-state index contributed by atoms with van der Waals surface area (Å²) in [6.45, 7) is -0.0437. The first-order valence-corrected chi connectivity index (χ1v) is 6.56. The highest BCUT2D eigenvalue weighted by atomic mass is 32.1. The Balaban J connectivity index is 2.07. The zero-order chi connectivity index (χ0) is 15.4. The number of nitro benzene ring substituents is 1. The molecule has 8 nitrogen and oxygen atoms in total. The predicted octanol–water partition coefficient (Wildman–Crippen LogP) is 1.68. The van der Waals surface area contributed by atoms with Crippen LogP contribution in [0.25, 0.3) is 0 Å². The minimum atomic E-state index is -1.22. The number of carboxylic acid groups (broad SMARTS) is 1. The molecule has 0 unspecified atom stereocenters. The fourth-order valence-corrected chi connectivity index (χ4v) is 2.27. The number of nitrogens with one attached hydrogen (secondary N) is 1. The van der Waals surface area contributed by atoms with Crippen molar-refractivity contribution in [1.82, 2.24) is 10.3 Å². The second-order valence-corrected chi connectivity index (χ2v) is 4.77. The molecule has 0 bridgehead atoms. The smallest absolute Gasteiger partial charge is 0.355 e. The minimum Gasteiger partial charge on any atom is -0.476 e. The summed E-state index contributed by atoms with van der Waals surface area (Å²) in [6.07, 6.45) is 0. The highest BCUT2D eigenvalue weighted by Crippen LogP contribution is 2.17. The van der Waals surface area contributed by atoms with E-state index in [-0.39, 0.29) is 22.9 Å². The summed E-state index contributed by atoms with van der Waals surface area (Å²) in [5, 5.41) is 23.3. The molecule has 1 heterocycles. The van der Waals surface area contributed by atoms with Gasteiger partial charge in [0.1, 0.15) is 0 Å². The van der Waals surface area contributed by atoms with E-state index in [4.69, 9.17) is 5.11 Å². The standard InChI is InChI=1S/C12H9N3O5S/c16-10(11-14-8(6-21-11)12(17)18)13-5-7-3-1-2-4-9(7)15(19)20/h1-4,6H,5H2,(H,13,16)(H,17,18). The van der Waals surface area contributed by atoms with E-state index in [1.165, 1.54) is 23.6 Å². The first-order valence-electron chi connectivity index (χ1n) is 5.68. The molecule has 0 aliphatic carbocycles. The minimum absolute atomic E-state index is 0.00835. The lowest BCUT2D eigenvalue weighted by Gasteiger charge is -2.04. The molecule has 0 aliphatic rings. The summed E-state index contributed by atoms with van der Waals surface area (Å²) in [6, 6.07) is 6.03.